The van der Waals surface area contributed by atoms with Gasteiger partial charge in [0.25, 0.3) is 0 Å². The first-order valence-electron chi connectivity index (χ1n) is 3.76. The number of hydrogen-bond donors (Lipinski definition) is 2. The number of unbranched alkanes of at least 4 members (excludes halogenated alkanes) is 3. The molecule has 0 bridgehead atoms. The number of hydrogen-bond acceptors (Lipinski definition) is 2. The molecule has 0 aromatic heterocycles. The van der Waals surface area contributed by atoms with Crippen molar-refractivity contribution in [1.82, 2.24) is 0 Å². The van der Waals surface area contributed by atoms with Gasteiger partial charge in [-0.15, -0.1) is 0 Å². The fraction of sp³-hybridized carbons (Fsp3) is 1.00. The van der Waals surface area contributed by atoms with E-state index < -0.39 is 7.82 Å². The predicted molar refractivity (Wildman–Crippen MR) is 47.9 cm³/mol. The van der Waals surface area contributed by atoms with Crippen molar-refractivity contribution >= 4 is 37.4 Å². The molecule has 0 aromatic carbocycles. The van der Waals surface area contributed by atoms with E-state index in [2.05, 4.69) is 11.4 Å². The molecule has 0 heterocycles. The third kappa shape index (κ3) is 13.7. The van der Waals surface area contributed by atoms with Gasteiger partial charge in [0.05, 0.1) is 6.61 Å². The molecule has 0 aliphatic heterocycles. The summed E-state index contributed by atoms with van der Waals surface area (Å²) in [7, 11) is -4.21. The molecule has 0 atom stereocenters. The van der Waals surface area contributed by atoms with Crippen LogP contribution in [0.3, 0.4) is 0 Å². The summed E-state index contributed by atoms with van der Waals surface area (Å²) in [6.45, 7) is 2.23. The van der Waals surface area contributed by atoms with Crippen molar-refractivity contribution in [2.75, 3.05) is 6.61 Å². The molecule has 0 aromatic rings. The summed E-state index contributed by atoms with van der Waals surface area (Å²) >= 11 is 0. The van der Waals surface area contributed by atoms with Crippen molar-refractivity contribution in [3.63, 3.8) is 0 Å². The number of phosphoric acid groups is 1. The molecule has 1 radical (unpaired) electrons. The van der Waals surface area contributed by atoms with Crippen molar-refractivity contribution in [2.45, 2.75) is 32.6 Å². The summed E-state index contributed by atoms with van der Waals surface area (Å²) in [4.78, 5) is 16.5. The van der Waals surface area contributed by atoms with E-state index >= 15 is 0 Å². The van der Waals surface area contributed by atoms with Crippen molar-refractivity contribution in [3.8, 4) is 0 Å². The molecule has 69 valence electrons. The van der Waals surface area contributed by atoms with Crippen LogP contribution in [0.4, 0.5) is 0 Å². The van der Waals surface area contributed by atoms with Crippen molar-refractivity contribution in [1.29, 1.82) is 0 Å². The maximum atomic E-state index is 10.1. The van der Waals surface area contributed by atoms with Gasteiger partial charge in [0.15, 0.2) is 0 Å². The van der Waals surface area contributed by atoms with Crippen LogP contribution < -0.4 is 0 Å². The Hall–Kier alpha value is 1.11. The number of rotatable bonds is 6. The molecule has 0 unspecified atom stereocenters. The van der Waals surface area contributed by atoms with Gasteiger partial charge in [-0.05, 0) is 6.42 Å². The van der Waals surface area contributed by atoms with Crippen molar-refractivity contribution in [3.05, 3.63) is 0 Å². The summed E-state index contributed by atoms with van der Waals surface area (Å²) in [5, 5.41) is 0. The molecule has 0 aliphatic carbocycles. The molecule has 0 amide bonds. The van der Waals surface area contributed by atoms with E-state index in [0.29, 0.717) is 0 Å². The molecular formula is C6H15NaO4P. The van der Waals surface area contributed by atoms with E-state index in [1.165, 1.54) is 0 Å². The van der Waals surface area contributed by atoms with Crippen LogP contribution in [0.15, 0.2) is 0 Å². The summed E-state index contributed by atoms with van der Waals surface area (Å²) in [5.41, 5.74) is 0. The van der Waals surface area contributed by atoms with Gasteiger partial charge >= 0.3 is 7.82 Å². The maximum absolute atomic E-state index is 10.1. The van der Waals surface area contributed by atoms with Crippen LogP contribution in [0, 0.1) is 0 Å². The quantitative estimate of drug-likeness (QED) is 0.389. The predicted octanol–water partition coefficient (Wildman–Crippen LogP) is 1.30. The summed E-state index contributed by atoms with van der Waals surface area (Å²) in [5.74, 6) is 0. The number of phosphoric ester groups is 1. The zero-order valence-electron chi connectivity index (χ0n) is 7.69. The Kier molecular flexibility index (Phi) is 11.3. The van der Waals surface area contributed by atoms with E-state index in [-0.39, 0.29) is 36.2 Å². The second-order valence-corrected chi connectivity index (χ2v) is 3.62. The third-order valence-corrected chi connectivity index (χ3v) is 1.78. The molecule has 4 nitrogen and oxygen atoms in total. The topological polar surface area (TPSA) is 66.8 Å². The minimum atomic E-state index is -4.21. The molecular weight excluding hydrogens is 190 g/mol. The van der Waals surface area contributed by atoms with Crippen LogP contribution in [-0.2, 0) is 9.09 Å². The van der Waals surface area contributed by atoms with Crippen LogP contribution in [0.25, 0.3) is 0 Å². The summed E-state index contributed by atoms with van der Waals surface area (Å²) in [6, 6.07) is 0. The summed E-state index contributed by atoms with van der Waals surface area (Å²) < 4.78 is 14.4. The fourth-order valence-corrected chi connectivity index (χ4v) is 1.08. The van der Waals surface area contributed by atoms with E-state index in [9.17, 15) is 4.57 Å². The maximum Gasteiger partial charge on any atom is 0.469 e. The second-order valence-electron chi connectivity index (χ2n) is 2.38. The van der Waals surface area contributed by atoms with Gasteiger partial charge in [0.1, 0.15) is 0 Å². The Balaban J connectivity index is 0. The average Bonchev–Trinajstić information content (AvgIpc) is 1.85. The Morgan fingerprint density at radius 1 is 1.25 bits per heavy atom. The first-order chi connectivity index (χ1) is 5.06. The Bertz CT molecular complexity index is 136. The molecule has 0 fully saturated rings. The first kappa shape index (κ1) is 15.6. The Morgan fingerprint density at radius 3 is 2.25 bits per heavy atom. The molecule has 0 saturated heterocycles. The first-order valence-corrected chi connectivity index (χ1v) is 5.29. The van der Waals surface area contributed by atoms with Crippen LogP contribution in [0.5, 0.6) is 0 Å². The molecule has 6 heteroatoms. The molecule has 2 N–H and O–H groups in total. The molecule has 0 saturated carbocycles. The Morgan fingerprint density at radius 2 is 1.83 bits per heavy atom. The largest absolute Gasteiger partial charge is 0.469 e. The van der Waals surface area contributed by atoms with Crippen LogP contribution in [0.2, 0.25) is 0 Å². The molecule has 0 aliphatic rings. The zero-order valence-corrected chi connectivity index (χ0v) is 10.6. The van der Waals surface area contributed by atoms with E-state index in [0.717, 1.165) is 25.7 Å². The van der Waals surface area contributed by atoms with E-state index in [1.54, 1.807) is 0 Å². The fourth-order valence-electron chi connectivity index (χ4n) is 0.712. The van der Waals surface area contributed by atoms with Crippen LogP contribution >= 0.6 is 7.82 Å². The minimum absolute atomic E-state index is 0. The standard InChI is InChI=1S/C6H15O4P.Na/c1-2-3-4-5-6-10-11(7,8)9;/h2-6H2,1H3,(H2,7,8,9);. The second kappa shape index (κ2) is 8.70. The van der Waals surface area contributed by atoms with E-state index in [4.69, 9.17) is 9.79 Å². The van der Waals surface area contributed by atoms with Crippen LogP contribution in [0.1, 0.15) is 32.6 Å². The van der Waals surface area contributed by atoms with E-state index in [1.807, 2.05) is 0 Å². The monoisotopic (exact) mass is 205 g/mol. The molecule has 0 rings (SSSR count). The molecule has 12 heavy (non-hydrogen) atoms. The van der Waals surface area contributed by atoms with Gasteiger partial charge in [-0.1, -0.05) is 26.2 Å². The van der Waals surface area contributed by atoms with Crippen molar-refractivity contribution in [2.24, 2.45) is 0 Å². The third-order valence-electron chi connectivity index (χ3n) is 1.26. The smallest absolute Gasteiger partial charge is 0.303 e. The summed E-state index contributed by atoms with van der Waals surface area (Å²) in [6.07, 6.45) is 3.88. The van der Waals surface area contributed by atoms with Gasteiger partial charge in [0, 0.05) is 29.6 Å². The Labute approximate surface area is 95.2 Å². The molecule has 0 spiro atoms. The van der Waals surface area contributed by atoms with Gasteiger partial charge in [-0.3, -0.25) is 4.52 Å². The van der Waals surface area contributed by atoms with Gasteiger partial charge in [-0.25, -0.2) is 4.57 Å². The van der Waals surface area contributed by atoms with Crippen LogP contribution in [-0.4, -0.2) is 46.0 Å². The normalized spacial score (nSPS) is 10.9. The van der Waals surface area contributed by atoms with Gasteiger partial charge in [-0.2, -0.15) is 0 Å². The van der Waals surface area contributed by atoms with Crippen molar-refractivity contribution < 1.29 is 18.9 Å². The minimum Gasteiger partial charge on any atom is -0.303 e. The zero-order chi connectivity index (χ0) is 8.74. The van der Waals surface area contributed by atoms with Gasteiger partial charge < -0.3 is 9.79 Å². The average molecular weight is 205 g/mol. The van der Waals surface area contributed by atoms with Gasteiger partial charge in [0.2, 0.25) is 0 Å². The SMILES string of the molecule is CCCCCCOP(=O)(O)O.[Na].